The Morgan fingerprint density at radius 3 is 2.59 bits per heavy atom. The zero-order valence-corrected chi connectivity index (χ0v) is 21.4. The van der Waals surface area contributed by atoms with Crippen LogP contribution in [-0.2, 0) is 11.3 Å². The molecule has 6 nitrogen and oxygen atoms in total. The number of carbonyl (C=O) groups excluding carboxylic acids is 1. The van der Waals surface area contributed by atoms with Gasteiger partial charge in [-0.3, -0.25) is 0 Å². The topological polar surface area (TPSA) is 60.9 Å². The van der Waals surface area contributed by atoms with E-state index in [0.717, 1.165) is 52.8 Å². The molecule has 4 aromatic rings. The van der Waals surface area contributed by atoms with E-state index in [9.17, 15) is 4.79 Å². The van der Waals surface area contributed by atoms with Crippen LogP contribution in [0.4, 0.5) is 5.82 Å². The Hall–Kier alpha value is -4.06. The Morgan fingerprint density at radius 2 is 1.84 bits per heavy atom. The third-order valence-corrected chi connectivity index (χ3v) is 7.58. The lowest BCUT2D eigenvalue weighted by Gasteiger charge is -2.34. The summed E-state index contributed by atoms with van der Waals surface area (Å²) in [5.41, 5.74) is 5.88. The van der Waals surface area contributed by atoms with Gasteiger partial charge in [0.05, 0.1) is 19.8 Å². The van der Waals surface area contributed by atoms with E-state index in [4.69, 9.17) is 19.2 Å². The molecule has 6 rings (SSSR count). The first kappa shape index (κ1) is 23.3. The van der Waals surface area contributed by atoms with Gasteiger partial charge >= 0.3 is 5.97 Å². The van der Waals surface area contributed by atoms with E-state index >= 15 is 0 Å². The van der Waals surface area contributed by atoms with Crippen LogP contribution in [0.2, 0.25) is 0 Å². The number of ether oxygens (including phenoxy) is 3. The molecule has 0 N–H and O–H groups in total. The van der Waals surface area contributed by atoms with Crippen molar-refractivity contribution in [2.75, 3.05) is 32.2 Å². The van der Waals surface area contributed by atoms with E-state index < -0.39 is 0 Å². The van der Waals surface area contributed by atoms with Gasteiger partial charge < -0.3 is 19.1 Å². The molecule has 3 aromatic carbocycles. The molecule has 2 aliphatic heterocycles. The molecular formula is C31H30N2O4. The van der Waals surface area contributed by atoms with Gasteiger partial charge in [-0.15, -0.1) is 0 Å². The lowest BCUT2D eigenvalue weighted by atomic mass is 9.89. The summed E-state index contributed by atoms with van der Waals surface area (Å²) in [5.74, 6) is 2.41. The predicted octanol–water partition coefficient (Wildman–Crippen LogP) is 6.28. The van der Waals surface area contributed by atoms with E-state index in [0.29, 0.717) is 23.0 Å². The second-order valence-electron chi connectivity index (χ2n) is 9.89. The van der Waals surface area contributed by atoms with Gasteiger partial charge in [0.1, 0.15) is 12.4 Å². The maximum atomic E-state index is 12.8. The third kappa shape index (κ3) is 4.16. The second kappa shape index (κ2) is 9.43. The van der Waals surface area contributed by atoms with Crippen LogP contribution in [0.3, 0.4) is 0 Å². The van der Waals surface area contributed by atoms with Gasteiger partial charge in [0, 0.05) is 41.9 Å². The van der Waals surface area contributed by atoms with Crippen LogP contribution >= 0.6 is 0 Å². The number of piperidine rings is 1. The number of pyridine rings is 1. The summed E-state index contributed by atoms with van der Waals surface area (Å²) in [6.45, 7) is 4.35. The lowest BCUT2D eigenvalue weighted by Crippen LogP contribution is -2.34. The molecule has 1 fully saturated rings. The maximum Gasteiger partial charge on any atom is 0.339 e. The Bertz CT molecular complexity index is 1500. The fourth-order valence-electron chi connectivity index (χ4n) is 5.75. The number of aryl methyl sites for hydroxylation is 1. The van der Waals surface area contributed by atoms with Gasteiger partial charge in [-0.25, -0.2) is 9.78 Å². The number of aromatic nitrogens is 1. The molecule has 1 aromatic heterocycles. The van der Waals surface area contributed by atoms with Gasteiger partial charge in [0.2, 0.25) is 0 Å². The molecule has 0 spiro atoms. The van der Waals surface area contributed by atoms with Crippen molar-refractivity contribution in [3.05, 3.63) is 83.0 Å². The van der Waals surface area contributed by atoms with Crippen LogP contribution in [0.1, 0.15) is 45.8 Å². The maximum absolute atomic E-state index is 12.8. The van der Waals surface area contributed by atoms with Gasteiger partial charge in [-0.05, 0) is 66.4 Å². The van der Waals surface area contributed by atoms with E-state index in [1.54, 1.807) is 14.2 Å². The summed E-state index contributed by atoms with van der Waals surface area (Å²) in [5, 5.41) is 1.87. The Labute approximate surface area is 216 Å². The number of rotatable bonds is 5. The summed E-state index contributed by atoms with van der Waals surface area (Å²) in [4.78, 5) is 20.0. The molecule has 0 radical (unpaired) electrons. The first-order valence-corrected chi connectivity index (χ1v) is 12.7. The minimum Gasteiger partial charge on any atom is -0.493 e. The predicted molar refractivity (Wildman–Crippen MR) is 145 cm³/mol. The monoisotopic (exact) mass is 494 g/mol. The molecule has 3 heterocycles. The molecule has 0 aliphatic carbocycles. The number of methoxy groups -OCH3 is 2. The number of anilines is 1. The minimum absolute atomic E-state index is 0.269. The highest BCUT2D eigenvalue weighted by atomic mass is 16.5. The van der Waals surface area contributed by atoms with E-state index in [2.05, 4.69) is 48.2 Å². The van der Waals surface area contributed by atoms with Gasteiger partial charge in [-0.1, -0.05) is 29.8 Å². The normalized spacial score (nSPS) is 17.0. The van der Waals surface area contributed by atoms with Crippen molar-refractivity contribution in [1.29, 1.82) is 0 Å². The zero-order valence-electron chi connectivity index (χ0n) is 21.4. The van der Waals surface area contributed by atoms with Crippen LogP contribution in [0.5, 0.6) is 11.5 Å². The average molecular weight is 495 g/mol. The Kier molecular flexibility index (Phi) is 5.95. The quantitative estimate of drug-likeness (QED) is 0.304. The van der Waals surface area contributed by atoms with Crippen molar-refractivity contribution in [2.45, 2.75) is 32.3 Å². The van der Waals surface area contributed by atoms with Crippen molar-refractivity contribution in [2.24, 2.45) is 0 Å². The van der Waals surface area contributed by atoms with Crippen LogP contribution < -0.4 is 14.4 Å². The van der Waals surface area contributed by atoms with Crippen molar-refractivity contribution in [3.63, 3.8) is 0 Å². The van der Waals surface area contributed by atoms with Crippen molar-refractivity contribution >= 4 is 22.6 Å². The summed E-state index contributed by atoms with van der Waals surface area (Å²) < 4.78 is 16.5. The van der Waals surface area contributed by atoms with E-state index in [1.165, 1.54) is 17.5 Å². The molecule has 1 saturated heterocycles. The highest BCUT2D eigenvalue weighted by Crippen LogP contribution is 2.42. The van der Waals surface area contributed by atoms with Gasteiger partial charge in [-0.2, -0.15) is 0 Å². The van der Waals surface area contributed by atoms with Crippen molar-refractivity contribution in [1.82, 2.24) is 4.98 Å². The highest BCUT2D eigenvalue weighted by Gasteiger charge is 2.29. The number of carbonyl (C=O) groups is 1. The molecular weight excluding hydrogens is 464 g/mol. The fraction of sp³-hybridized carbons (Fsp3) is 0.290. The number of hydrogen-bond acceptors (Lipinski definition) is 6. The third-order valence-electron chi connectivity index (χ3n) is 7.58. The van der Waals surface area contributed by atoms with Crippen molar-refractivity contribution < 1.29 is 19.0 Å². The zero-order chi connectivity index (χ0) is 25.5. The Morgan fingerprint density at radius 1 is 1.00 bits per heavy atom. The van der Waals surface area contributed by atoms with Crippen LogP contribution in [0.15, 0.2) is 60.8 Å². The second-order valence-corrected chi connectivity index (χ2v) is 9.89. The first-order valence-electron chi connectivity index (χ1n) is 12.7. The summed E-state index contributed by atoms with van der Waals surface area (Å²) in [6.07, 6.45) is 4.20. The van der Waals surface area contributed by atoms with Crippen LogP contribution in [0.25, 0.3) is 21.9 Å². The standard InChI is InChI=1S/C31H30N2O4/c1-19-6-4-7-20(12-19)22-8-5-11-33(17-22)28-10-9-21(16-32-28)29-25-15-27(36-3)26(35-2)14-23(25)13-24-18-37-31(34)30(24)29/h4,6-7,9-10,12-16,22H,5,8,11,17-18H2,1-3H3. The Balaban J connectivity index is 1.38. The number of cyclic esters (lactones) is 1. The summed E-state index contributed by atoms with van der Waals surface area (Å²) in [6, 6.07) is 18.8. The summed E-state index contributed by atoms with van der Waals surface area (Å²) in [7, 11) is 3.24. The van der Waals surface area contributed by atoms with Crippen LogP contribution in [0, 0.1) is 6.92 Å². The summed E-state index contributed by atoms with van der Waals surface area (Å²) >= 11 is 0. The molecule has 188 valence electrons. The number of benzene rings is 3. The highest BCUT2D eigenvalue weighted by molar-refractivity contribution is 6.11. The number of nitrogens with zero attached hydrogens (tertiary/aromatic N) is 2. The average Bonchev–Trinajstić information content (AvgIpc) is 3.31. The number of fused-ring (bicyclic) bond motifs is 2. The van der Waals surface area contributed by atoms with Gasteiger partial charge in [0.25, 0.3) is 0 Å². The smallest absolute Gasteiger partial charge is 0.339 e. The first-order chi connectivity index (χ1) is 18.1. The molecule has 0 saturated carbocycles. The van der Waals surface area contributed by atoms with Crippen LogP contribution in [-0.4, -0.2) is 38.3 Å². The molecule has 1 unspecified atom stereocenters. The fourth-order valence-corrected chi connectivity index (χ4v) is 5.75. The molecule has 1 atom stereocenters. The minimum atomic E-state index is -0.303. The number of esters is 1. The molecule has 0 amide bonds. The molecule has 2 aliphatic rings. The SMILES string of the molecule is COc1cc2cc3c(c(-c4ccc(N5CCCC(c6cccc(C)c6)C5)nc4)c2cc1OC)C(=O)OC3. The van der Waals surface area contributed by atoms with Crippen molar-refractivity contribution in [3.8, 4) is 22.6 Å². The van der Waals surface area contributed by atoms with E-state index in [1.807, 2.05) is 24.4 Å². The largest absolute Gasteiger partial charge is 0.493 e. The number of hydrogen-bond donors (Lipinski definition) is 0. The molecule has 6 heteroatoms. The lowest BCUT2D eigenvalue weighted by molar-refractivity contribution is 0.0535. The van der Waals surface area contributed by atoms with Gasteiger partial charge in [0.15, 0.2) is 11.5 Å². The molecule has 37 heavy (non-hydrogen) atoms. The molecule has 0 bridgehead atoms. The van der Waals surface area contributed by atoms with E-state index in [-0.39, 0.29) is 12.6 Å².